The highest BCUT2D eigenvalue weighted by Crippen LogP contribution is 2.29. The number of hydrogen-bond acceptors (Lipinski definition) is 6. The Balaban J connectivity index is 1.85. The molecule has 0 atom stereocenters. The second kappa shape index (κ2) is 4.69. The molecule has 2 aromatic rings. The van der Waals surface area contributed by atoms with E-state index in [9.17, 15) is 13.2 Å². The van der Waals surface area contributed by atoms with Gasteiger partial charge in [-0.05, 0) is 0 Å². The van der Waals surface area contributed by atoms with Crippen molar-refractivity contribution < 1.29 is 13.2 Å². The van der Waals surface area contributed by atoms with Crippen molar-refractivity contribution in [1.29, 1.82) is 5.26 Å². The number of rotatable bonds is 1. The molecule has 0 saturated heterocycles. The molecule has 0 aliphatic carbocycles. The molecule has 0 fully saturated rings. The Labute approximate surface area is 116 Å². The van der Waals surface area contributed by atoms with Gasteiger partial charge >= 0.3 is 6.18 Å². The maximum absolute atomic E-state index is 12.7. The average Bonchev–Trinajstić information content (AvgIpc) is 2.90. The van der Waals surface area contributed by atoms with E-state index in [0.717, 1.165) is 4.57 Å². The number of hydrogen-bond donors (Lipinski definition) is 0. The lowest BCUT2D eigenvalue weighted by Crippen LogP contribution is -2.35. The third-order valence-electron chi connectivity index (χ3n) is 3.08. The fraction of sp³-hybridized carbons (Fsp3) is 0.364. The van der Waals surface area contributed by atoms with Crippen molar-refractivity contribution in [2.75, 3.05) is 11.4 Å². The fourth-order valence-electron chi connectivity index (χ4n) is 2.11. The van der Waals surface area contributed by atoms with Gasteiger partial charge in [0.25, 0.3) is 0 Å². The van der Waals surface area contributed by atoms with Gasteiger partial charge in [-0.15, -0.1) is 10.2 Å². The lowest BCUT2D eigenvalue weighted by Gasteiger charge is -2.28. The minimum absolute atomic E-state index is 0.110. The predicted molar refractivity (Wildman–Crippen MR) is 62.8 cm³/mol. The Bertz CT molecular complexity index is 698. The highest BCUT2D eigenvalue weighted by Gasteiger charge is 2.39. The maximum atomic E-state index is 12.7. The first-order valence-electron chi connectivity index (χ1n) is 5.95. The molecule has 0 saturated carbocycles. The summed E-state index contributed by atoms with van der Waals surface area (Å²) >= 11 is 0. The largest absolute Gasteiger partial charge is 0.451 e. The minimum atomic E-state index is -4.51. The second-order valence-corrected chi connectivity index (χ2v) is 4.38. The summed E-state index contributed by atoms with van der Waals surface area (Å²) in [7, 11) is 0. The van der Waals surface area contributed by atoms with Crippen molar-refractivity contribution in [2.24, 2.45) is 0 Å². The third kappa shape index (κ3) is 2.37. The molecular weight excluding hydrogens is 287 g/mol. The normalized spacial score (nSPS) is 14.7. The number of nitriles is 1. The zero-order chi connectivity index (χ0) is 15.0. The van der Waals surface area contributed by atoms with Crippen molar-refractivity contribution in [2.45, 2.75) is 19.3 Å². The van der Waals surface area contributed by atoms with E-state index in [0.29, 0.717) is 12.4 Å². The van der Waals surface area contributed by atoms with Crippen LogP contribution in [0.1, 0.15) is 17.3 Å². The molecule has 1 aliphatic rings. The first-order valence-corrected chi connectivity index (χ1v) is 5.95. The van der Waals surface area contributed by atoms with Gasteiger partial charge in [0.1, 0.15) is 11.9 Å². The zero-order valence-electron chi connectivity index (χ0n) is 10.5. The van der Waals surface area contributed by atoms with Crippen molar-refractivity contribution in [3.05, 3.63) is 29.7 Å². The van der Waals surface area contributed by atoms with E-state index < -0.39 is 12.0 Å². The lowest BCUT2D eigenvalue weighted by molar-refractivity contribution is -0.147. The summed E-state index contributed by atoms with van der Waals surface area (Å²) in [5.74, 6) is -0.278. The van der Waals surface area contributed by atoms with Gasteiger partial charge in [0.15, 0.2) is 11.5 Å². The van der Waals surface area contributed by atoms with Crippen LogP contribution in [0.4, 0.5) is 19.0 Å². The quantitative estimate of drug-likeness (QED) is 0.779. The molecule has 0 amide bonds. The minimum Gasteiger partial charge on any atom is -0.346 e. The topological polar surface area (TPSA) is 83.5 Å². The van der Waals surface area contributed by atoms with Crippen molar-refractivity contribution >= 4 is 5.82 Å². The molecule has 21 heavy (non-hydrogen) atoms. The number of aromatic nitrogens is 5. The summed E-state index contributed by atoms with van der Waals surface area (Å²) in [5, 5.41) is 15.4. The molecule has 1 aliphatic heterocycles. The van der Waals surface area contributed by atoms with Gasteiger partial charge in [-0.2, -0.15) is 18.4 Å². The Morgan fingerprint density at radius 2 is 1.95 bits per heavy atom. The fourth-order valence-corrected chi connectivity index (χ4v) is 2.11. The number of anilines is 1. The van der Waals surface area contributed by atoms with Crippen molar-refractivity contribution in [1.82, 2.24) is 24.7 Å². The monoisotopic (exact) mass is 295 g/mol. The maximum Gasteiger partial charge on any atom is 0.451 e. The van der Waals surface area contributed by atoms with E-state index in [1.54, 1.807) is 4.90 Å². The summed E-state index contributed by atoms with van der Waals surface area (Å²) < 4.78 is 39.2. The second-order valence-electron chi connectivity index (χ2n) is 4.38. The van der Waals surface area contributed by atoms with Gasteiger partial charge in [-0.3, -0.25) is 0 Å². The van der Waals surface area contributed by atoms with Gasteiger partial charge in [-0.25, -0.2) is 9.97 Å². The lowest BCUT2D eigenvalue weighted by atomic mass is 10.3. The van der Waals surface area contributed by atoms with Gasteiger partial charge in [0.2, 0.25) is 5.82 Å². The number of alkyl halides is 3. The Morgan fingerprint density at radius 3 is 2.57 bits per heavy atom. The van der Waals surface area contributed by atoms with E-state index in [1.165, 1.54) is 12.4 Å². The van der Waals surface area contributed by atoms with Crippen LogP contribution in [0, 0.1) is 11.3 Å². The SMILES string of the molecule is N#Cc1cnc(N2CCn3c(nnc3C(F)(F)F)C2)cn1. The molecule has 108 valence electrons. The molecule has 0 N–H and O–H groups in total. The summed E-state index contributed by atoms with van der Waals surface area (Å²) in [4.78, 5) is 9.68. The Kier molecular flexibility index (Phi) is 2.97. The standard InChI is InChI=1S/C11H8F3N7/c12-11(13,14)10-19-18-9-6-20(1-2-21(9)10)8-5-16-7(3-15)4-17-8/h4-5H,1-2,6H2. The van der Waals surface area contributed by atoms with Gasteiger partial charge in [-0.1, -0.05) is 0 Å². The van der Waals surface area contributed by atoms with Crippen LogP contribution in [-0.2, 0) is 19.3 Å². The number of halogens is 3. The van der Waals surface area contributed by atoms with E-state index in [-0.39, 0.29) is 24.6 Å². The molecule has 2 aromatic heterocycles. The van der Waals surface area contributed by atoms with Crippen LogP contribution in [0.5, 0.6) is 0 Å². The average molecular weight is 295 g/mol. The molecular formula is C11H8F3N7. The van der Waals surface area contributed by atoms with Crippen molar-refractivity contribution in [3.8, 4) is 6.07 Å². The summed E-state index contributed by atoms with van der Waals surface area (Å²) in [6.45, 7) is 0.594. The molecule has 0 unspecified atom stereocenters. The van der Waals surface area contributed by atoms with E-state index in [4.69, 9.17) is 5.26 Å². The van der Waals surface area contributed by atoms with Gasteiger partial charge < -0.3 is 9.47 Å². The molecule has 0 radical (unpaired) electrons. The van der Waals surface area contributed by atoms with Crippen LogP contribution in [0.25, 0.3) is 0 Å². The number of nitrogens with zero attached hydrogens (tertiary/aromatic N) is 7. The van der Waals surface area contributed by atoms with E-state index in [1.807, 2.05) is 6.07 Å². The van der Waals surface area contributed by atoms with Crippen LogP contribution in [0.2, 0.25) is 0 Å². The van der Waals surface area contributed by atoms with Crippen LogP contribution in [-0.4, -0.2) is 31.3 Å². The third-order valence-corrected chi connectivity index (χ3v) is 3.08. The highest BCUT2D eigenvalue weighted by atomic mass is 19.4. The zero-order valence-corrected chi connectivity index (χ0v) is 10.5. The highest BCUT2D eigenvalue weighted by molar-refractivity contribution is 5.38. The number of fused-ring (bicyclic) bond motifs is 1. The molecule has 0 aromatic carbocycles. The van der Waals surface area contributed by atoms with E-state index >= 15 is 0 Å². The van der Waals surface area contributed by atoms with Crippen LogP contribution in [0.3, 0.4) is 0 Å². The Morgan fingerprint density at radius 1 is 1.14 bits per heavy atom. The van der Waals surface area contributed by atoms with Gasteiger partial charge in [0, 0.05) is 13.1 Å². The summed E-state index contributed by atoms with van der Waals surface area (Å²) in [6.07, 6.45) is -1.78. The molecule has 7 nitrogen and oxygen atoms in total. The molecule has 0 bridgehead atoms. The van der Waals surface area contributed by atoms with Crippen LogP contribution >= 0.6 is 0 Å². The predicted octanol–water partition coefficient (Wildman–Crippen LogP) is 0.979. The van der Waals surface area contributed by atoms with E-state index in [2.05, 4.69) is 20.2 Å². The first kappa shape index (κ1) is 13.3. The van der Waals surface area contributed by atoms with Gasteiger partial charge in [0.05, 0.1) is 18.9 Å². The molecule has 0 spiro atoms. The Hall–Kier alpha value is -2.70. The van der Waals surface area contributed by atoms with Crippen LogP contribution < -0.4 is 4.90 Å². The van der Waals surface area contributed by atoms with Crippen molar-refractivity contribution in [3.63, 3.8) is 0 Å². The first-order chi connectivity index (χ1) is 9.99. The molecule has 3 rings (SSSR count). The molecule has 3 heterocycles. The summed E-state index contributed by atoms with van der Waals surface area (Å²) in [6, 6.07) is 1.85. The smallest absolute Gasteiger partial charge is 0.346 e. The summed E-state index contributed by atoms with van der Waals surface area (Å²) in [5.41, 5.74) is 0.179. The molecule has 10 heteroatoms. The van der Waals surface area contributed by atoms with Crippen LogP contribution in [0.15, 0.2) is 12.4 Å².